The van der Waals surface area contributed by atoms with Crippen LogP contribution in [0.2, 0.25) is 0 Å². The topological polar surface area (TPSA) is 55.1 Å². The Balaban J connectivity index is 2.86. The van der Waals surface area contributed by atoms with Crippen molar-refractivity contribution < 1.29 is 4.79 Å². The van der Waals surface area contributed by atoms with Gasteiger partial charge in [0.15, 0.2) is 0 Å². The Morgan fingerprint density at radius 3 is 2.81 bits per heavy atom. The van der Waals surface area contributed by atoms with Crippen LogP contribution in [0.1, 0.15) is 24.5 Å². The molecule has 0 fully saturated rings. The molecule has 0 saturated carbocycles. The van der Waals surface area contributed by atoms with Crippen molar-refractivity contribution in [1.29, 1.82) is 0 Å². The number of rotatable bonds is 2. The zero-order chi connectivity index (χ0) is 12.0. The van der Waals surface area contributed by atoms with Gasteiger partial charge in [0, 0.05) is 17.7 Å². The fourth-order valence-electron chi connectivity index (χ4n) is 1.28. The van der Waals surface area contributed by atoms with Crippen molar-refractivity contribution in [2.75, 3.05) is 11.9 Å². The molecule has 3 N–H and O–H groups in total. The highest BCUT2D eigenvalue weighted by molar-refractivity contribution is 5.90. The number of aryl methyl sites for hydroxylation is 1. The third-order valence-corrected chi connectivity index (χ3v) is 2.16. The lowest BCUT2D eigenvalue weighted by Gasteiger charge is -2.05. The molecule has 84 valence electrons. The van der Waals surface area contributed by atoms with E-state index in [1.54, 1.807) is 0 Å². The minimum Gasteiger partial charge on any atom is -0.326 e. The molecule has 1 amide bonds. The van der Waals surface area contributed by atoms with E-state index in [4.69, 9.17) is 5.73 Å². The lowest BCUT2D eigenvalue weighted by atomic mass is 10.1. The zero-order valence-electron chi connectivity index (χ0n) is 9.63. The van der Waals surface area contributed by atoms with E-state index in [0.29, 0.717) is 13.0 Å². The van der Waals surface area contributed by atoms with E-state index in [2.05, 4.69) is 17.2 Å². The van der Waals surface area contributed by atoms with Crippen molar-refractivity contribution in [3.05, 3.63) is 29.3 Å². The van der Waals surface area contributed by atoms with Crippen molar-refractivity contribution in [1.82, 2.24) is 0 Å². The first-order valence-corrected chi connectivity index (χ1v) is 5.26. The number of carbonyl (C=O) groups excluding carboxylic acids is 1. The second-order valence-corrected chi connectivity index (χ2v) is 3.44. The average Bonchev–Trinajstić information content (AvgIpc) is 2.28. The molecule has 0 bridgehead atoms. The lowest BCUT2D eigenvalue weighted by molar-refractivity contribution is -0.115. The highest BCUT2D eigenvalue weighted by atomic mass is 16.1. The van der Waals surface area contributed by atoms with Gasteiger partial charge in [-0.05, 0) is 30.7 Å². The van der Waals surface area contributed by atoms with Gasteiger partial charge in [0.05, 0.1) is 6.54 Å². The predicted octanol–water partition coefficient (Wildman–Crippen LogP) is 1.65. The van der Waals surface area contributed by atoms with Gasteiger partial charge >= 0.3 is 0 Å². The summed E-state index contributed by atoms with van der Waals surface area (Å²) >= 11 is 0. The van der Waals surface area contributed by atoms with E-state index in [1.807, 2.05) is 32.0 Å². The Morgan fingerprint density at radius 1 is 1.50 bits per heavy atom. The maximum absolute atomic E-state index is 11.2. The van der Waals surface area contributed by atoms with Crippen LogP contribution in [0.3, 0.4) is 0 Å². The summed E-state index contributed by atoms with van der Waals surface area (Å²) in [6.07, 6.45) is 0.480. The van der Waals surface area contributed by atoms with Crippen molar-refractivity contribution in [3.63, 3.8) is 0 Å². The van der Waals surface area contributed by atoms with Crippen molar-refractivity contribution in [3.8, 4) is 11.8 Å². The van der Waals surface area contributed by atoms with Crippen LogP contribution < -0.4 is 11.1 Å². The molecule has 0 heterocycles. The van der Waals surface area contributed by atoms with Gasteiger partial charge < -0.3 is 11.1 Å². The molecule has 0 aliphatic rings. The van der Waals surface area contributed by atoms with Gasteiger partial charge in [-0.2, -0.15) is 0 Å². The minimum atomic E-state index is 0.0141. The van der Waals surface area contributed by atoms with Crippen LogP contribution in [0.4, 0.5) is 5.69 Å². The summed E-state index contributed by atoms with van der Waals surface area (Å²) in [6, 6.07) is 5.65. The van der Waals surface area contributed by atoms with Gasteiger partial charge in [-0.25, -0.2) is 0 Å². The second kappa shape index (κ2) is 5.94. The van der Waals surface area contributed by atoms with Gasteiger partial charge in [0.1, 0.15) is 0 Å². The number of nitrogens with one attached hydrogen (secondary N) is 1. The van der Waals surface area contributed by atoms with Crippen LogP contribution in [-0.4, -0.2) is 12.5 Å². The second-order valence-electron chi connectivity index (χ2n) is 3.44. The van der Waals surface area contributed by atoms with E-state index in [1.165, 1.54) is 0 Å². The third-order valence-electron chi connectivity index (χ3n) is 2.16. The molecule has 0 radical (unpaired) electrons. The SMILES string of the molecule is CCC(=O)Nc1ccc(C#CCN)c(C)c1. The lowest BCUT2D eigenvalue weighted by Crippen LogP contribution is -2.09. The van der Waals surface area contributed by atoms with Crippen LogP contribution in [0.25, 0.3) is 0 Å². The third kappa shape index (κ3) is 3.41. The molecular weight excluding hydrogens is 200 g/mol. The molecule has 1 aromatic rings. The number of hydrogen-bond acceptors (Lipinski definition) is 2. The van der Waals surface area contributed by atoms with Crippen molar-refractivity contribution in [2.24, 2.45) is 5.73 Å². The van der Waals surface area contributed by atoms with Gasteiger partial charge in [0.2, 0.25) is 5.91 Å². The van der Waals surface area contributed by atoms with Crippen LogP contribution in [0, 0.1) is 18.8 Å². The molecule has 0 atom stereocenters. The quantitative estimate of drug-likeness (QED) is 0.739. The van der Waals surface area contributed by atoms with Gasteiger partial charge in [-0.3, -0.25) is 4.79 Å². The fraction of sp³-hybridized carbons (Fsp3) is 0.308. The summed E-state index contributed by atoms with van der Waals surface area (Å²) in [5, 5.41) is 2.80. The predicted molar refractivity (Wildman–Crippen MR) is 66.0 cm³/mol. The standard InChI is InChI=1S/C13H16N2O/c1-3-13(16)15-12-7-6-11(5-4-8-14)10(2)9-12/h6-7,9H,3,8,14H2,1-2H3,(H,15,16). The number of benzene rings is 1. The molecule has 3 heteroatoms. The largest absolute Gasteiger partial charge is 0.326 e. The summed E-state index contributed by atoms with van der Waals surface area (Å²) < 4.78 is 0. The minimum absolute atomic E-state index is 0.0141. The Labute approximate surface area is 96.0 Å². The maximum atomic E-state index is 11.2. The maximum Gasteiger partial charge on any atom is 0.224 e. The van der Waals surface area contributed by atoms with E-state index in [9.17, 15) is 4.79 Å². The highest BCUT2D eigenvalue weighted by Gasteiger charge is 2.00. The summed E-state index contributed by atoms with van der Waals surface area (Å²) in [7, 11) is 0. The van der Waals surface area contributed by atoms with E-state index in [0.717, 1.165) is 16.8 Å². The molecule has 0 aliphatic carbocycles. The Morgan fingerprint density at radius 2 is 2.25 bits per heavy atom. The van der Waals surface area contributed by atoms with Crippen LogP contribution in [-0.2, 0) is 4.79 Å². The molecular formula is C13H16N2O. The average molecular weight is 216 g/mol. The molecule has 0 aliphatic heterocycles. The molecule has 1 rings (SSSR count). The van der Waals surface area contributed by atoms with Gasteiger partial charge in [0.25, 0.3) is 0 Å². The molecule has 16 heavy (non-hydrogen) atoms. The van der Waals surface area contributed by atoms with E-state index < -0.39 is 0 Å². The van der Waals surface area contributed by atoms with Gasteiger partial charge in [-0.1, -0.05) is 18.8 Å². The molecule has 0 spiro atoms. The smallest absolute Gasteiger partial charge is 0.224 e. The van der Waals surface area contributed by atoms with Crippen LogP contribution in [0.15, 0.2) is 18.2 Å². The summed E-state index contributed by atoms with van der Waals surface area (Å²) in [4.78, 5) is 11.2. The Bertz CT molecular complexity index is 441. The van der Waals surface area contributed by atoms with Crippen molar-refractivity contribution in [2.45, 2.75) is 20.3 Å². The van der Waals surface area contributed by atoms with E-state index >= 15 is 0 Å². The number of anilines is 1. The molecule has 3 nitrogen and oxygen atoms in total. The number of amides is 1. The summed E-state index contributed by atoms with van der Waals surface area (Å²) in [6.45, 7) is 4.14. The Kier molecular flexibility index (Phi) is 4.56. The summed E-state index contributed by atoms with van der Waals surface area (Å²) in [5.41, 5.74) is 8.10. The zero-order valence-corrected chi connectivity index (χ0v) is 9.63. The normalized spacial score (nSPS) is 9.19. The number of hydrogen-bond donors (Lipinski definition) is 2. The van der Waals surface area contributed by atoms with Crippen LogP contribution in [0.5, 0.6) is 0 Å². The first kappa shape index (κ1) is 12.3. The summed E-state index contributed by atoms with van der Waals surface area (Å²) in [5.74, 6) is 5.80. The molecule has 0 aromatic heterocycles. The first-order chi connectivity index (χ1) is 7.67. The van der Waals surface area contributed by atoms with Crippen molar-refractivity contribution >= 4 is 11.6 Å². The first-order valence-electron chi connectivity index (χ1n) is 5.26. The highest BCUT2D eigenvalue weighted by Crippen LogP contribution is 2.14. The molecule has 1 aromatic carbocycles. The monoisotopic (exact) mass is 216 g/mol. The molecule has 0 unspecified atom stereocenters. The van der Waals surface area contributed by atoms with Gasteiger partial charge in [-0.15, -0.1) is 0 Å². The van der Waals surface area contributed by atoms with Crippen LogP contribution >= 0.6 is 0 Å². The fourth-order valence-corrected chi connectivity index (χ4v) is 1.28. The number of nitrogens with two attached hydrogens (primary N) is 1. The Hall–Kier alpha value is -1.79. The number of carbonyl (C=O) groups is 1. The molecule has 0 saturated heterocycles. The van der Waals surface area contributed by atoms with E-state index in [-0.39, 0.29) is 5.91 Å².